The molecular weight excluding hydrogens is 527 g/mol. The van der Waals surface area contributed by atoms with Crippen molar-refractivity contribution in [3.05, 3.63) is 69.3 Å². The van der Waals surface area contributed by atoms with E-state index >= 15 is 0 Å². The Hall–Kier alpha value is -3.02. The third kappa shape index (κ3) is 9.75. The van der Waals surface area contributed by atoms with Crippen molar-refractivity contribution in [1.29, 1.82) is 0 Å². The minimum atomic E-state index is -4.75. The van der Waals surface area contributed by atoms with Crippen molar-refractivity contribution < 1.29 is 22.7 Å². The number of alkyl halides is 3. The molecular formula is C25H29ClF3N5O2S. The Bertz CT molecular complexity index is 1210. The maximum atomic E-state index is 12.5. The molecule has 0 saturated carbocycles. The minimum absolute atomic E-state index is 0.231. The van der Waals surface area contributed by atoms with E-state index in [1.165, 1.54) is 23.5 Å². The molecule has 0 bridgehead atoms. The van der Waals surface area contributed by atoms with Crippen molar-refractivity contribution in [2.45, 2.75) is 25.9 Å². The monoisotopic (exact) mass is 555 g/mol. The highest BCUT2D eigenvalue weighted by Gasteiger charge is 2.31. The number of carbonyl (C=O) groups is 1. The normalized spacial score (nSPS) is 12.1. The molecule has 0 atom stereocenters. The summed E-state index contributed by atoms with van der Waals surface area (Å²) in [5.74, 6) is -0.282. The van der Waals surface area contributed by atoms with Gasteiger partial charge in [0.25, 0.3) is 0 Å². The SMILES string of the molecule is CN(C)CCNC(=O)NCCCn1c(-c2ccc(OC(F)(F)F)cc2)csc1=NCc1ccc(Cl)cc1. The fourth-order valence-corrected chi connectivity index (χ4v) is 4.43. The maximum Gasteiger partial charge on any atom is 0.573 e. The number of thiazole rings is 1. The fraction of sp³-hybridized carbons (Fsp3) is 0.360. The van der Waals surface area contributed by atoms with Crippen LogP contribution in [-0.2, 0) is 13.1 Å². The Balaban J connectivity index is 1.74. The third-order valence-electron chi connectivity index (χ3n) is 5.18. The molecule has 2 amide bonds. The molecule has 1 heterocycles. The van der Waals surface area contributed by atoms with E-state index in [2.05, 4.69) is 15.4 Å². The maximum absolute atomic E-state index is 12.5. The third-order valence-corrected chi connectivity index (χ3v) is 6.33. The summed E-state index contributed by atoms with van der Waals surface area (Å²) in [5, 5.41) is 8.21. The number of benzene rings is 2. The van der Waals surface area contributed by atoms with Crippen LogP contribution in [0, 0.1) is 0 Å². The van der Waals surface area contributed by atoms with E-state index in [-0.39, 0.29) is 11.8 Å². The van der Waals surface area contributed by atoms with Gasteiger partial charge in [0.05, 0.1) is 12.2 Å². The summed E-state index contributed by atoms with van der Waals surface area (Å²) >= 11 is 7.41. The smallest absolute Gasteiger partial charge is 0.406 e. The van der Waals surface area contributed by atoms with E-state index < -0.39 is 6.36 Å². The topological polar surface area (TPSA) is 70.9 Å². The lowest BCUT2D eigenvalue weighted by molar-refractivity contribution is -0.274. The highest BCUT2D eigenvalue weighted by atomic mass is 35.5. The van der Waals surface area contributed by atoms with Crippen LogP contribution in [0.3, 0.4) is 0 Å². The number of amides is 2. The number of likely N-dealkylation sites (N-methyl/N-ethyl adjacent to an activating group) is 1. The fourth-order valence-electron chi connectivity index (χ4n) is 3.37. The van der Waals surface area contributed by atoms with E-state index in [4.69, 9.17) is 16.6 Å². The van der Waals surface area contributed by atoms with E-state index in [9.17, 15) is 18.0 Å². The van der Waals surface area contributed by atoms with Crippen molar-refractivity contribution in [2.24, 2.45) is 4.99 Å². The second-order valence-corrected chi connectivity index (χ2v) is 9.68. The van der Waals surface area contributed by atoms with Gasteiger partial charge >= 0.3 is 12.4 Å². The summed E-state index contributed by atoms with van der Waals surface area (Å²) in [4.78, 5) is 19.5. The molecule has 200 valence electrons. The number of hydrogen-bond donors (Lipinski definition) is 2. The van der Waals surface area contributed by atoms with Crippen LogP contribution in [0.4, 0.5) is 18.0 Å². The number of halogens is 4. The van der Waals surface area contributed by atoms with Gasteiger partial charge in [-0.25, -0.2) is 4.79 Å². The summed E-state index contributed by atoms with van der Waals surface area (Å²) in [6, 6.07) is 12.9. The quantitative estimate of drug-likeness (QED) is 0.323. The molecule has 1 aromatic heterocycles. The summed E-state index contributed by atoms with van der Waals surface area (Å²) in [6.07, 6.45) is -4.11. The number of carbonyl (C=O) groups excluding carboxylic acids is 1. The first kappa shape index (κ1) is 28.5. The molecule has 3 aromatic rings. The van der Waals surface area contributed by atoms with Crippen molar-refractivity contribution in [2.75, 3.05) is 33.7 Å². The molecule has 2 aromatic carbocycles. The number of rotatable bonds is 11. The largest absolute Gasteiger partial charge is 0.573 e. The van der Waals surface area contributed by atoms with Gasteiger partial charge in [0.15, 0.2) is 4.80 Å². The van der Waals surface area contributed by atoms with E-state index in [0.29, 0.717) is 37.6 Å². The summed E-state index contributed by atoms with van der Waals surface area (Å²) in [5.41, 5.74) is 2.54. The van der Waals surface area contributed by atoms with Gasteiger partial charge in [-0.2, -0.15) is 0 Å². The van der Waals surface area contributed by atoms with Gasteiger partial charge in [-0.3, -0.25) is 4.99 Å². The predicted molar refractivity (Wildman–Crippen MR) is 140 cm³/mol. The van der Waals surface area contributed by atoms with Gasteiger partial charge in [-0.1, -0.05) is 23.7 Å². The predicted octanol–water partition coefficient (Wildman–Crippen LogP) is 5.12. The molecule has 0 aliphatic carbocycles. The Morgan fingerprint density at radius 2 is 1.76 bits per heavy atom. The molecule has 0 aliphatic heterocycles. The number of nitrogens with zero attached hydrogens (tertiary/aromatic N) is 3. The van der Waals surface area contributed by atoms with Crippen LogP contribution >= 0.6 is 22.9 Å². The highest BCUT2D eigenvalue weighted by molar-refractivity contribution is 7.07. The van der Waals surface area contributed by atoms with E-state index in [1.807, 2.05) is 41.1 Å². The lowest BCUT2D eigenvalue weighted by atomic mass is 10.1. The number of urea groups is 1. The lowest BCUT2D eigenvalue weighted by Gasteiger charge is -2.13. The molecule has 0 radical (unpaired) electrons. The molecule has 3 rings (SSSR count). The van der Waals surface area contributed by atoms with Crippen molar-refractivity contribution in [3.8, 4) is 17.0 Å². The number of hydrogen-bond acceptors (Lipinski definition) is 5. The highest BCUT2D eigenvalue weighted by Crippen LogP contribution is 2.27. The summed E-state index contributed by atoms with van der Waals surface area (Å²) in [6.45, 7) is 2.74. The van der Waals surface area contributed by atoms with Crippen LogP contribution in [0.5, 0.6) is 5.75 Å². The Kier molecular flexibility index (Phi) is 10.4. The molecule has 37 heavy (non-hydrogen) atoms. The van der Waals surface area contributed by atoms with Crippen LogP contribution in [0.2, 0.25) is 5.02 Å². The summed E-state index contributed by atoms with van der Waals surface area (Å²) in [7, 11) is 3.86. The zero-order chi connectivity index (χ0) is 26.8. The zero-order valence-corrected chi connectivity index (χ0v) is 22.1. The standard InChI is InChI=1S/C25H29ClF3N5O2S/c1-33(2)15-13-31-23(35)30-12-3-14-34-22(19-6-10-21(11-7-19)36-25(27,28)29)17-37-24(34)32-16-18-4-8-20(26)9-5-18/h4-11,17H,3,12-16H2,1-2H3,(H2,30,31,35). The van der Waals surface area contributed by atoms with Crippen molar-refractivity contribution in [1.82, 2.24) is 20.1 Å². The van der Waals surface area contributed by atoms with Crippen LogP contribution < -0.4 is 20.2 Å². The summed E-state index contributed by atoms with van der Waals surface area (Å²) < 4.78 is 43.6. The van der Waals surface area contributed by atoms with Crippen LogP contribution in [0.1, 0.15) is 12.0 Å². The van der Waals surface area contributed by atoms with Crippen LogP contribution in [0.15, 0.2) is 58.9 Å². The second kappa shape index (κ2) is 13.5. The second-order valence-electron chi connectivity index (χ2n) is 8.41. The van der Waals surface area contributed by atoms with Gasteiger partial charge < -0.3 is 24.8 Å². The van der Waals surface area contributed by atoms with E-state index in [1.54, 1.807) is 24.3 Å². The molecule has 0 fully saturated rings. The van der Waals surface area contributed by atoms with E-state index in [0.717, 1.165) is 28.2 Å². The Morgan fingerprint density at radius 3 is 2.41 bits per heavy atom. The van der Waals surface area contributed by atoms with Gasteiger partial charge in [-0.05, 0) is 68.0 Å². The molecule has 0 aliphatic rings. The van der Waals surface area contributed by atoms with Crippen LogP contribution in [-0.4, -0.2) is 55.6 Å². The van der Waals surface area contributed by atoms with Crippen molar-refractivity contribution in [3.63, 3.8) is 0 Å². The molecule has 0 saturated heterocycles. The first-order valence-electron chi connectivity index (χ1n) is 11.6. The van der Waals surface area contributed by atoms with Gasteiger partial charge in [0, 0.05) is 36.6 Å². The molecule has 0 unspecified atom stereocenters. The van der Waals surface area contributed by atoms with Crippen molar-refractivity contribution >= 4 is 29.0 Å². The molecule has 2 N–H and O–H groups in total. The number of nitrogens with one attached hydrogen (secondary N) is 2. The first-order chi connectivity index (χ1) is 17.6. The first-order valence-corrected chi connectivity index (χ1v) is 12.8. The average molecular weight is 556 g/mol. The molecule has 12 heteroatoms. The Morgan fingerprint density at radius 1 is 1.08 bits per heavy atom. The number of aromatic nitrogens is 1. The lowest BCUT2D eigenvalue weighted by Crippen LogP contribution is -2.39. The van der Waals surface area contributed by atoms with Gasteiger partial charge in [0.2, 0.25) is 0 Å². The molecule has 0 spiro atoms. The molecule has 7 nitrogen and oxygen atoms in total. The minimum Gasteiger partial charge on any atom is -0.406 e. The Labute approximate surface area is 222 Å². The number of ether oxygens (including phenoxy) is 1. The van der Waals surface area contributed by atoms with Gasteiger partial charge in [0.1, 0.15) is 5.75 Å². The van der Waals surface area contributed by atoms with Crippen LogP contribution in [0.25, 0.3) is 11.3 Å². The zero-order valence-electron chi connectivity index (χ0n) is 20.5. The van der Waals surface area contributed by atoms with Gasteiger partial charge in [-0.15, -0.1) is 24.5 Å². The average Bonchev–Trinajstić information content (AvgIpc) is 3.23.